The van der Waals surface area contributed by atoms with Crippen LogP contribution in [0.3, 0.4) is 0 Å². The molecule has 0 spiro atoms. The molecule has 2 N–H and O–H groups in total. The lowest BCUT2D eigenvalue weighted by Gasteiger charge is -2.15. The number of hydrogen-bond donors (Lipinski definition) is 1. The van der Waals surface area contributed by atoms with E-state index in [-0.39, 0.29) is 11.9 Å². The zero-order valence-electron chi connectivity index (χ0n) is 11.7. The molecule has 0 aromatic heterocycles. The first kappa shape index (κ1) is 14.5. The minimum atomic E-state index is -0.193. The first-order valence-corrected chi connectivity index (χ1v) is 6.90. The van der Waals surface area contributed by atoms with Crippen LogP contribution in [0, 0.1) is 5.82 Å². The molecule has 0 amide bonds. The van der Waals surface area contributed by atoms with Crippen LogP contribution < -0.4 is 10.5 Å². The molecule has 2 aromatic carbocycles. The molecule has 0 saturated heterocycles. The van der Waals surface area contributed by atoms with Crippen LogP contribution in [0.2, 0.25) is 0 Å². The van der Waals surface area contributed by atoms with Gasteiger partial charge >= 0.3 is 0 Å². The number of rotatable bonds is 6. The van der Waals surface area contributed by atoms with Crippen LogP contribution in [0.5, 0.6) is 5.75 Å². The summed E-state index contributed by atoms with van der Waals surface area (Å²) >= 11 is 0. The van der Waals surface area contributed by atoms with E-state index in [9.17, 15) is 4.39 Å². The average molecular weight is 273 g/mol. The smallest absolute Gasteiger partial charge is 0.126 e. The topological polar surface area (TPSA) is 35.2 Å². The summed E-state index contributed by atoms with van der Waals surface area (Å²) in [5.74, 6) is 0.667. The molecule has 0 heterocycles. The molecule has 0 bridgehead atoms. The molecule has 0 radical (unpaired) electrons. The maximum Gasteiger partial charge on any atom is 0.126 e. The molecule has 3 heteroatoms. The molecule has 0 saturated carbocycles. The standard InChI is InChI=1S/C17H20FNO/c1-2-20-17-10-6-4-8-14(17)12-15(19)11-13-7-3-5-9-16(13)18/h3-10,15H,2,11-12,19H2,1H3. The predicted octanol–water partition coefficient (Wildman–Crippen LogP) is 3.34. The van der Waals surface area contributed by atoms with E-state index in [2.05, 4.69) is 0 Å². The van der Waals surface area contributed by atoms with Gasteiger partial charge in [-0.05, 0) is 43.0 Å². The van der Waals surface area contributed by atoms with Crippen molar-refractivity contribution in [3.63, 3.8) is 0 Å². The molecular weight excluding hydrogens is 253 g/mol. The zero-order valence-corrected chi connectivity index (χ0v) is 11.7. The third-order valence-electron chi connectivity index (χ3n) is 3.19. The van der Waals surface area contributed by atoms with Gasteiger partial charge in [-0.15, -0.1) is 0 Å². The average Bonchev–Trinajstić information content (AvgIpc) is 2.44. The van der Waals surface area contributed by atoms with E-state index in [0.29, 0.717) is 25.0 Å². The normalized spacial score (nSPS) is 12.2. The summed E-state index contributed by atoms with van der Waals surface area (Å²) in [6, 6.07) is 14.5. The predicted molar refractivity (Wildman–Crippen MR) is 79.4 cm³/mol. The first-order valence-electron chi connectivity index (χ1n) is 6.90. The Morgan fingerprint density at radius 3 is 2.30 bits per heavy atom. The van der Waals surface area contributed by atoms with Crippen LogP contribution in [0.25, 0.3) is 0 Å². The fraction of sp³-hybridized carbons (Fsp3) is 0.294. The van der Waals surface area contributed by atoms with Crippen molar-refractivity contribution in [1.29, 1.82) is 0 Å². The Kier molecular flexibility index (Phi) is 5.13. The van der Waals surface area contributed by atoms with Gasteiger partial charge in [-0.1, -0.05) is 36.4 Å². The minimum Gasteiger partial charge on any atom is -0.494 e. The van der Waals surface area contributed by atoms with E-state index >= 15 is 0 Å². The first-order chi connectivity index (χ1) is 9.70. The fourth-order valence-electron chi connectivity index (χ4n) is 2.27. The van der Waals surface area contributed by atoms with E-state index in [4.69, 9.17) is 10.5 Å². The maximum atomic E-state index is 13.6. The Bertz CT molecular complexity index is 556. The van der Waals surface area contributed by atoms with Gasteiger partial charge < -0.3 is 10.5 Å². The van der Waals surface area contributed by atoms with Crippen LogP contribution in [0.4, 0.5) is 4.39 Å². The van der Waals surface area contributed by atoms with Gasteiger partial charge in [0, 0.05) is 6.04 Å². The quantitative estimate of drug-likeness (QED) is 0.876. The van der Waals surface area contributed by atoms with Gasteiger partial charge in [-0.2, -0.15) is 0 Å². The summed E-state index contributed by atoms with van der Waals surface area (Å²) in [6.07, 6.45) is 1.19. The second-order valence-corrected chi connectivity index (χ2v) is 4.80. The van der Waals surface area contributed by atoms with Gasteiger partial charge in [-0.25, -0.2) is 4.39 Å². The Balaban J connectivity index is 2.05. The van der Waals surface area contributed by atoms with Crippen molar-refractivity contribution < 1.29 is 9.13 Å². The number of nitrogens with two attached hydrogens (primary N) is 1. The van der Waals surface area contributed by atoms with Crippen molar-refractivity contribution in [2.75, 3.05) is 6.61 Å². The molecule has 1 atom stereocenters. The highest BCUT2D eigenvalue weighted by molar-refractivity contribution is 5.34. The number of ether oxygens (including phenoxy) is 1. The highest BCUT2D eigenvalue weighted by Gasteiger charge is 2.11. The van der Waals surface area contributed by atoms with Crippen molar-refractivity contribution >= 4 is 0 Å². The zero-order chi connectivity index (χ0) is 14.4. The Morgan fingerprint density at radius 1 is 1.00 bits per heavy atom. The van der Waals surface area contributed by atoms with Crippen LogP contribution in [-0.2, 0) is 12.8 Å². The third-order valence-corrected chi connectivity index (χ3v) is 3.19. The molecule has 0 fully saturated rings. The summed E-state index contributed by atoms with van der Waals surface area (Å²) in [6.45, 7) is 2.58. The van der Waals surface area contributed by atoms with E-state index in [1.807, 2.05) is 37.3 Å². The van der Waals surface area contributed by atoms with Gasteiger partial charge in [0.1, 0.15) is 11.6 Å². The van der Waals surface area contributed by atoms with E-state index < -0.39 is 0 Å². The lowest BCUT2D eigenvalue weighted by molar-refractivity contribution is 0.335. The summed E-state index contributed by atoms with van der Waals surface area (Å²) in [5.41, 5.74) is 7.88. The minimum absolute atomic E-state index is 0.131. The van der Waals surface area contributed by atoms with Gasteiger partial charge in [0.25, 0.3) is 0 Å². The largest absolute Gasteiger partial charge is 0.494 e. The SMILES string of the molecule is CCOc1ccccc1CC(N)Cc1ccccc1F. The van der Waals surface area contributed by atoms with Crippen molar-refractivity contribution in [2.45, 2.75) is 25.8 Å². The summed E-state index contributed by atoms with van der Waals surface area (Å²) < 4.78 is 19.2. The highest BCUT2D eigenvalue weighted by atomic mass is 19.1. The Hall–Kier alpha value is -1.87. The molecule has 2 rings (SSSR count). The monoisotopic (exact) mass is 273 g/mol. The molecule has 0 aliphatic rings. The lowest BCUT2D eigenvalue weighted by atomic mass is 9.99. The van der Waals surface area contributed by atoms with E-state index in [1.165, 1.54) is 6.07 Å². The molecule has 2 nitrogen and oxygen atoms in total. The van der Waals surface area contributed by atoms with Crippen LogP contribution in [0.1, 0.15) is 18.1 Å². The van der Waals surface area contributed by atoms with Crippen molar-refractivity contribution in [3.05, 3.63) is 65.5 Å². The Morgan fingerprint density at radius 2 is 1.60 bits per heavy atom. The number of para-hydroxylation sites is 1. The van der Waals surface area contributed by atoms with Gasteiger partial charge in [-0.3, -0.25) is 0 Å². The fourth-order valence-corrected chi connectivity index (χ4v) is 2.27. The summed E-state index contributed by atoms with van der Waals surface area (Å²) in [5, 5.41) is 0. The number of halogens is 1. The molecular formula is C17H20FNO. The second kappa shape index (κ2) is 7.06. The number of hydrogen-bond acceptors (Lipinski definition) is 2. The van der Waals surface area contributed by atoms with Crippen molar-refractivity contribution in [3.8, 4) is 5.75 Å². The van der Waals surface area contributed by atoms with Gasteiger partial charge in [0.2, 0.25) is 0 Å². The van der Waals surface area contributed by atoms with Gasteiger partial charge in [0.05, 0.1) is 6.61 Å². The van der Waals surface area contributed by atoms with Gasteiger partial charge in [0.15, 0.2) is 0 Å². The molecule has 1 unspecified atom stereocenters. The van der Waals surface area contributed by atoms with Crippen molar-refractivity contribution in [2.24, 2.45) is 5.73 Å². The maximum absolute atomic E-state index is 13.6. The molecule has 0 aliphatic carbocycles. The molecule has 0 aliphatic heterocycles. The second-order valence-electron chi connectivity index (χ2n) is 4.80. The van der Waals surface area contributed by atoms with Crippen LogP contribution >= 0.6 is 0 Å². The molecule has 20 heavy (non-hydrogen) atoms. The Labute approximate surface area is 119 Å². The number of benzene rings is 2. The van der Waals surface area contributed by atoms with Crippen molar-refractivity contribution in [1.82, 2.24) is 0 Å². The highest BCUT2D eigenvalue weighted by Crippen LogP contribution is 2.20. The third kappa shape index (κ3) is 3.81. The van der Waals surface area contributed by atoms with Crippen LogP contribution in [-0.4, -0.2) is 12.6 Å². The molecule has 2 aromatic rings. The van der Waals surface area contributed by atoms with E-state index in [0.717, 1.165) is 11.3 Å². The summed E-state index contributed by atoms with van der Waals surface area (Å²) in [4.78, 5) is 0. The van der Waals surface area contributed by atoms with Crippen LogP contribution in [0.15, 0.2) is 48.5 Å². The lowest BCUT2D eigenvalue weighted by Crippen LogP contribution is -2.26. The summed E-state index contributed by atoms with van der Waals surface area (Å²) in [7, 11) is 0. The molecule has 106 valence electrons. The van der Waals surface area contributed by atoms with E-state index in [1.54, 1.807) is 12.1 Å².